The largest absolute Gasteiger partial charge is 0.480 e. The Hall–Kier alpha value is -2.41. The van der Waals surface area contributed by atoms with Crippen LogP contribution < -0.4 is 5.32 Å². The van der Waals surface area contributed by atoms with E-state index in [0.717, 1.165) is 0 Å². The third-order valence-corrected chi connectivity index (χ3v) is 2.92. The lowest BCUT2D eigenvalue weighted by atomic mass is 10.1. The number of hydrogen-bond donors (Lipinski definition) is 3. The summed E-state index contributed by atoms with van der Waals surface area (Å²) in [4.78, 5) is 33.5. The van der Waals surface area contributed by atoms with Crippen LogP contribution in [-0.4, -0.2) is 38.0 Å². The summed E-state index contributed by atoms with van der Waals surface area (Å²) >= 11 is 5.86. The number of hydrogen-bond acceptors (Lipinski definition) is 4. The number of carbonyl (C=O) groups is 2. The van der Waals surface area contributed by atoms with E-state index in [2.05, 4.69) is 20.3 Å². The molecule has 0 unspecified atom stereocenters. The van der Waals surface area contributed by atoms with Crippen LogP contribution >= 0.6 is 11.6 Å². The smallest absolute Gasteiger partial charge is 0.326 e. The summed E-state index contributed by atoms with van der Waals surface area (Å²) in [6.07, 6.45) is 5.76. The first-order valence-electron chi connectivity index (χ1n) is 5.68. The Morgan fingerprint density at radius 3 is 2.80 bits per heavy atom. The second kappa shape index (κ2) is 6.16. The molecule has 0 aliphatic carbocycles. The molecule has 7 nitrogen and oxygen atoms in total. The molecular weight excluding hydrogens is 284 g/mol. The van der Waals surface area contributed by atoms with E-state index < -0.39 is 17.9 Å². The van der Waals surface area contributed by atoms with Crippen LogP contribution in [0.4, 0.5) is 0 Å². The van der Waals surface area contributed by atoms with Crippen molar-refractivity contribution in [1.82, 2.24) is 20.3 Å². The number of aromatic amines is 1. The van der Waals surface area contributed by atoms with Gasteiger partial charge in [0.25, 0.3) is 5.91 Å². The van der Waals surface area contributed by atoms with Crippen molar-refractivity contribution >= 4 is 23.5 Å². The highest BCUT2D eigenvalue weighted by Gasteiger charge is 2.22. The summed E-state index contributed by atoms with van der Waals surface area (Å²) in [5, 5.41) is 11.8. The number of carboxylic acid groups (broad SMARTS) is 1. The number of H-pyrrole nitrogens is 1. The fourth-order valence-corrected chi connectivity index (χ4v) is 1.79. The zero-order valence-electron chi connectivity index (χ0n) is 10.2. The van der Waals surface area contributed by atoms with Gasteiger partial charge in [-0.1, -0.05) is 11.6 Å². The summed E-state index contributed by atoms with van der Waals surface area (Å²) < 4.78 is 0. The highest BCUT2D eigenvalue weighted by atomic mass is 35.5. The number of amides is 1. The molecule has 0 aromatic carbocycles. The average molecular weight is 295 g/mol. The van der Waals surface area contributed by atoms with E-state index in [-0.39, 0.29) is 17.0 Å². The maximum absolute atomic E-state index is 12.0. The molecule has 0 saturated heterocycles. The molecule has 0 bridgehead atoms. The number of carbonyl (C=O) groups excluding carboxylic acids is 1. The number of halogens is 1. The summed E-state index contributed by atoms with van der Waals surface area (Å²) in [6.45, 7) is 0. The Morgan fingerprint density at radius 2 is 2.20 bits per heavy atom. The van der Waals surface area contributed by atoms with Crippen LogP contribution in [0.3, 0.4) is 0 Å². The van der Waals surface area contributed by atoms with Gasteiger partial charge in [0.05, 0.1) is 16.9 Å². The lowest BCUT2D eigenvalue weighted by Gasteiger charge is -2.14. The van der Waals surface area contributed by atoms with Crippen LogP contribution in [-0.2, 0) is 11.2 Å². The van der Waals surface area contributed by atoms with Crippen molar-refractivity contribution in [3.63, 3.8) is 0 Å². The van der Waals surface area contributed by atoms with Crippen molar-refractivity contribution in [3.8, 4) is 0 Å². The van der Waals surface area contributed by atoms with Crippen LogP contribution in [0.5, 0.6) is 0 Å². The Labute approximate surface area is 119 Å². The third kappa shape index (κ3) is 3.33. The summed E-state index contributed by atoms with van der Waals surface area (Å²) in [5.74, 6) is -1.73. The van der Waals surface area contributed by atoms with Gasteiger partial charge in [-0.15, -0.1) is 0 Å². The fourth-order valence-electron chi connectivity index (χ4n) is 1.60. The molecule has 2 heterocycles. The second-order valence-electron chi connectivity index (χ2n) is 4.00. The zero-order valence-corrected chi connectivity index (χ0v) is 11.0. The van der Waals surface area contributed by atoms with Crippen LogP contribution in [0.15, 0.2) is 31.0 Å². The van der Waals surface area contributed by atoms with Crippen molar-refractivity contribution in [2.24, 2.45) is 0 Å². The highest BCUT2D eigenvalue weighted by Crippen LogP contribution is 2.13. The molecule has 0 aliphatic rings. The van der Waals surface area contributed by atoms with Crippen molar-refractivity contribution in [2.45, 2.75) is 12.5 Å². The van der Waals surface area contributed by atoms with E-state index in [0.29, 0.717) is 5.69 Å². The molecule has 0 radical (unpaired) electrons. The molecule has 2 aromatic heterocycles. The van der Waals surface area contributed by atoms with Crippen LogP contribution in [0.25, 0.3) is 0 Å². The number of pyridine rings is 1. The van der Waals surface area contributed by atoms with Gasteiger partial charge in [-0.25, -0.2) is 9.78 Å². The van der Waals surface area contributed by atoms with Gasteiger partial charge >= 0.3 is 5.97 Å². The summed E-state index contributed by atoms with van der Waals surface area (Å²) in [6, 6.07) is 0.375. The monoisotopic (exact) mass is 294 g/mol. The van der Waals surface area contributed by atoms with Gasteiger partial charge in [-0.3, -0.25) is 9.78 Å². The lowest BCUT2D eigenvalue weighted by Crippen LogP contribution is -2.42. The maximum Gasteiger partial charge on any atom is 0.326 e. The fraction of sp³-hybridized carbons (Fsp3) is 0.167. The topological polar surface area (TPSA) is 108 Å². The minimum absolute atomic E-state index is 0.0962. The molecule has 0 saturated carbocycles. The minimum Gasteiger partial charge on any atom is -0.480 e. The van der Waals surface area contributed by atoms with E-state index >= 15 is 0 Å². The molecule has 1 atom stereocenters. The standard InChI is InChI=1S/C12H11ClN4O3/c13-9-1-2-14-5-8(9)11(18)17-10(12(19)20)3-7-4-15-6-16-7/h1-2,4-6,10H,3H2,(H,15,16)(H,17,18)(H,19,20)/t10-/m0/s1. The maximum atomic E-state index is 12.0. The van der Waals surface area contributed by atoms with Crippen LogP contribution in [0.1, 0.15) is 16.1 Å². The molecule has 0 fully saturated rings. The molecule has 20 heavy (non-hydrogen) atoms. The number of rotatable bonds is 5. The van der Waals surface area contributed by atoms with Gasteiger partial charge in [-0.05, 0) is 6.07 Å². The third-order valence-electron chi connectivity index (χ3n) is 2.59. The van der Waals surface area contributed by atoms with E-state index in [1.807, 2.05) is 0 Å². The van der Waals surface area contributed by atoms with Gasteiger partial charge in [-0.2, -0.15) is 0 Å². The lowest BCUT2D eigenvalue weighted by molar-refractivity contribution is -0.139. The zero-order chi connectivity index (χ0) is 14.5. The van der Waals surface area contributed by atoms with Crippen molar-refractivity contribution in [2.75, 3.05) is 0 Å². The number of imidazole rings is 1. The van der Waals surface area contributed by atoms with E-state index in [1.54, 1.807) is 0 Å². The average Bonchev–Trinajstić information content (AvgIpc) is 2.91. The first-order chi connectivity index (χ1) is 9.58. The molecule has 104 valence electrons. The predicted molar refractivity (Wildman–Crippen MR) is 70.4 cm³/mol. The molecule has 2 aromatic rings. The molecule has 0 spiro atoms. The quantitative estimate of drug-likeness (QED) is 0.759. The Morgan fingerprint density at radius 1 is 1.40 bits per heavy atom. The molecule has 2 rings (SSSR count). The van der Waals surface area contributed by atoms with Gasteiger partial charge in [0.2, 0.25) is 0 Å². The normalized spacial score (nSPS) is 11.8. The molecular formula is C12H11ClN4O3. The number of aromatic nitrogens is 3. The minimum atomic E-state index is -1.15. The van der Waals surface area contributed by atoms with Crippen molar-refractivity contribution in [1.29, 1.82) is 0 Å². The van der Waals surface area contributed by atoms with E-state index in [4.69, 9.17) is 16.7 Å². The Kier molecular flexibility index (Phi) is 4.31. The summed E-state index contributed by atoms with van der Waals surface area (Å²) in [5.41, 5.74) is 0.736. The van der Waals surface area contributed by atoms with Crippen LogP contribution in [0.2, 0.25) is 5.02 Å². The van der Waals surface area contributed by atoms with E-state index in [1.165, 1.54) is 31.0 Å². The number of carboxylic acids is 1. The van der Waals surface area contributed by atoms with Gasteiger partial charge in [0.15, 0.2) is 0 Å². The number of nitrogens with zero attached hydrogens (tertiary/aromatic N) is 2. The van der Waals surface area contributed by atoms with Gasteiger partial charge in [0, 0.05) is 30.7 Å². The predicted octanol–water partition coefficient (Wildman–Crippen LogP) is 0.884. The number of nitrogens with one attached hydrogen (secondary N) is 2. The van der Waals surface area contributed by atoms with Gasteiger partial charge < -0.3 is 15.4 Å². The SMILES string of the molecule is O=C(N[C@@H](Cc1cnc[nH]1)C(=O)O)c1cnccc1Cl. The highest BCUT2D eigenvalue weighted by molar-refractivity contribution is 6.33. The number of aliphatic carboxylic acids is 1. The first-order valence-corrected chi connectivity index (χ1v) is 6.06. The molecule has 8 heteroatoms. The Balaban J connectivity index is 2.10. The second-order valence-corrected chi connectivity index (χ2v) is 4.41. The van der Waals surface area contributed by atoms with Crippen molar-refractivity contribution < 1.29 is 14.7 Å². The molecule has 3 N–H and O–H groups in total. The van der Waals surface area contributed by atoms with Gasteiger partial charge in [0.1, 0.15) is 6.04 Å². The Bertz CT molecular complexity index is 615. The summed E-state index contributed by atoms with van der Waals surface area (Å²) in [7, 11) is 0. The molecule has 0 aliphatic heterocycles. The first kappa shape index (κ1) is 14.0. The van der Waals surface area contributed by atoms with Crippen molar-refractivity contribution in [3.05, 3.63) is 47.3 Å². The van der Waals surface area contributed by atoms with Crippen LogP contribution in [0, 0.1) is 0 Å². The molecule has 1 amide bonds. The van der Waals surface area contributed by atoms with E-state index in [9.17, 15) is 9.59 Å².